The fourth-order valence-corrected chi connectivity index (χ4v) is 3.78. The number of nitrogens with one attached hydrogen (secondary N) is 1. The topological polar surface area (TPSA) is 88.2 Å². The third kappa shape index (κ3) is 6.50. The minimum atomic E-state index is -0.628. The molecule has 10 heteroatoms. The first-order valence-corrected chi connectivity index (χ1v) is 10.7. The zero-order valence-corrected chi connectivity index (χ0v) is 19.2. The van der Waals surface area contributed by atoms with Crippen molar-refractivity contribution in [3.8, 4) is 0 Å². The van der Waals surface area contributed by atoms with E-state index >= 15 is 0 Å². The highest BCUT2D eigenvalue weighted by atomic mass is 35.5. The average molecular weight is 478 g/mol. The largest absolute Gasteiger partial charge is 0.465 e. The smallest absolute Gasteiger partial charge is 0.339 e. The zero-order valence-electron chi connectivity index (χ0n) is 18.4. The number of piperazine rings is 1. The summed E-state index contributed by atoms with van der Waals surface area (Å²) in [6, 6.07) is 8.92. The molecule has 0 aromatic heterocycles. The van der Waals surface area contributed by atoms with E-state index in [1.165, 1.54) is 38.5 Å². The second-order valence-electron chi connectivity index (χ2n) is 7.59. The Morgan fingerprint density at radius 2 is 1.64 bits per heavy atom. The summed E-state index contributed by atoms with van der Waals surface area (Å²) in [4.78, 5) is 40.7. The maximum absolute atomic E-state index is 13.3. The third-order valence-corrected chi connectivity index (χ3v) is 5.63. The van der Waals surface area contributed by atoms with Gasteiger partial charge >= 0.3 is 11.9 Å². The van der Waals surface area contributed by atoms with Crippen molar-refractivity contribution < 1.29 is 28.2 Å². The predicted molar refractivity (Wildman–Crippen MR) is 121 cm³/mol. The van der Waals surface area contributed by atoms with Crippen molar-refractivity contribution in [1.29, 1.82) is 0 Å². The number of benzene rings is 2. The zero-order chi connectivity index (χ0) is 24.0. The molecule has 1 amide bonds. The first-order chi connectivity index (χ1) is 15.8. The van der Waals surface area contributed by atoms with Crippen molar-refractivity contribution in [2.75, 3.05) is 52.3 Å². The Hall–Kier alpha value is -3.01. The number of anilines is 1. The summed E-state index contributed by atoms with van der Waals surface area (Å²) in [7, 11) is 2.49. The number of hydrogen-bond donors (Lipinski definition) is 1. The van der Waals surface area contributed by atoms with Crippen LogP contribution in [0, 0.1) is 5.82 Å². The van der Waals surface area contributed by atoms with E-state index in [-0.39, 0.29) is 34.3 Å². The lowest BCUT2D eigenvalue weighted by Gasteiger charge is -2.34. The third-order valence-electron chi connectivity index (χ3n) is 5.34. The standard InChI is InChI=1S/C23H25ClFN3O5/c1-32-22(30)16-4-5-17(23(31)33-2)20(12-16)26-21(29)14-28-9-7-27(8-10-28)13-15-3-6-19(25)18(24)11-15/h3-6,11-12H,7-10,13-14H2,1-2H3,(H,26,29). The summed E-state index contributed by atoms with van der Waals surface area (Å²) in [5.41, 5.74) is 1.45. The quantitative estimate of drug-likeness (QED) is 0.613. The molecule has 0 aliphatic carbocycles. The lowest BCUT2D eigenvalue weighted by atomic mass is 10.1. The summed E-state index contributed by atoms with van der Waals surface area (Å²) in [6.07, 6.45) is 0. The van der Waals surface area contributed by atoms with Gasteiger partial charge in [-0.05, 0) is 35.9 Å². The van der Waals surface area contributed by atoms with Gasteiger partial charge in [0.1, 0.15) is 5.82 Å². The average Bonchev–Trinajstić information content (AvgIpc) is 2.81. The van der Waals surface area contributed by atoms with Gasteiger partial charge in [-0.15, -0.1) is 0 Å². The van der Waals surface area contributed by atoms with Crippen LogP contribution in [0.4, 0.5) is 10.1 Å². The van der Waals surface area contributed by atoms with Gasteiger partial charge in [-0.3, -0.25) is 14.6 Å². The van der Waals surface area contributed by atoms with Crippen LogP contribution >= 0.6 is 11.6 Å². The lowest BCUT2D eigenvalue weighted by Crippen LogP contribution is -2.48. The molecule has 3 rings (SSSR count). The number of methoxy groups -OCH3 is 2. The monoisotopic (exact) mass is 477 g/mol. The number of rotatable bonds is 7. The number of esters is 2. The molecule has 1 aliphatic rings. The molecule has 1 heterocycles. The number of carbonyl (C=O) groups excluding carboxylic acids is 3. The van der Waals surface area contributed by atoms with Gasteiger partial charge in [0.15, 0.2) is 0 Å². The van der Waals surface area contributed by atoms with E-state index in [0.717, 1.165) is 18.7 Å². The summed E-state index contributed by atoms with van der Waals surface area (Å²) in [6.45, 7) is 3.55. The van der Waals surface area contributed by atoms with Gasteiger partial charge in [-0.25, -0.2) is 14.0 Å². The van der Waals surface area contributed by atoms with Crippen LogP contribution in [0.15, 0.2) is 36.4 Å². The molecule has 8 nitrogen and oxygen atoms in total. The van der Waals surface area contributed by atoms with Crippen LogP contribution in [0.2, 0.25) is 5.02 Å². The van der Waals surface area contributed by atoms with Crippen LogP contribution in [-0.2, 0) is 20.8 Å². The normalized spacial score (nSPS) is 14.5. The van der Waals surface area contributed by atoms with Gasteiger partial charge in [0, 0.05) is 32.7 Å². The maximum Gasteiger partial charge on any atom is 0.339 e. The first kappa shape index (κ1) is 24.6. The molecule has 1 aliphatic heterocycles. The molecule has 2 aromatic carbocycles. The maximum atomic E-state index is 13.3. The molecule has 0 saturated carbocycles. The van der Waals surface area contributed by atoms with Gasteiger partial charge in [-0.2, -0.15) is 0 Å². The highest BCUT2D eigenvalue weighted by molar-refractivity contribution is 6.30. The number of nitrogens with zero attached hydrogens (tertiary/aromatic N) is 2. The van der Waals surface area contributed by atoms with E-state index < -0.39 is 17.8 Å². The van der Waals surface area contributed by atoms with Gasteiger partial charge in [0.05, 0.1) is 42.6 Å². The molecule has 1 fully saturated rings. The molecular formula is C23H25ClFN3O5. The number of amides is 1. The van der Waals surface area contributed by atoms with Crippen molar-refractivity contribution in [3.63, 3.8) is 0 Å². The van der Waals surface area contributed by atoms with Crippen LogP contribution in [0.3, 0.4) is 0 Å². The second-order valence-corrected chi connectivity index (χ2v) is 8.00. The minimum absolute atomic E-state index is 0.102. The SMILES string of the molecule is COC(=O)c1ccc(C(=O)OC)c(NC(=O)CN2CCN(Cc3ccc(F)c(Cl)c3)CC2)c1. The Labute approximate surface area is 196 Å². The summed E-state index contributed by atoms with van der Waals surface area (Å²) in [5, 5.41) is 2.80. The second kappa shape index (κ2) is 11.2. The van der Waals surface area contributed by atoms with Gasteiger partial charge < -0.3 is 14.8 Å². The Balaban J connectivity index is 1.57. The number of halogens is 2. The molecule has 1 saturated heterocycles. The van der Waals surface area contributed by atoms with Gasteiger partial charge in [0.2, 0.25) is 5.91 Å². The van der Waals surface area contributed by atoms with E-state index in [2.05, 4.69) is 10.2 Å². The summed E-state index contributed by atoms with van der Waals surface area (Å²) in [5.74, 6) is -1.97. The fraction of sp³-hybridized carbons (Fsp3) is 0.348. The molecule has 0 radical (unpaired) electrons. The predicted octanol–water partition coefficient (Wildman–Crippen LogP) is 2.81. The van der Waals surface area contributed by atoms with Crippen LogP contribution in [0.25, 0.3) is 0 Å². The summed E-state index contributed by atoms with van der Waals surface area (Å²) >= 11 is 5.85. The van der Waals surface area contributed by atoms with Crippen molar-refractivity contribution in [2.24, 2.45) is 0 Å². The fourth-order valence-electron chi connectivity index (χ4n) is 3.57. The van der Waals surface area contributed by atoms with E-state index in [1.807, 2.05) is 4.90 Å². The molecule has 0 unspecified atom stereocenters. The first-order valence-electron chi connectivity index (χ1n) is 10.3. The van der Waals surface area contributed by atoms with Crippen molar-refractivity contribution in [2.45, 2.75) is 6.54 Å². The van der Waals surface area contributed by atoms with Gasteiger partial charge in [0.25, 0.3) is 0 Å². The number of hydrogen-bond acceptors (Lipinski definition) is 7. The van der Waals surface area contributed by atoms with E-state index in [4.69, 9.17) is 21.1 Å². The van der Waals surface area contributed by atoms with E-state index in [1.54, 1.807) is 12.1 Å². The Kier molecular flexibility index (Phi) is 8.37. The Morgan fingerprint density at radius 1 is 0.970 bits per heavy atom. The molecule has 0 atom stereocenters. The molecule has 1 N–H and O–H groups in total. The lowest BCUT2D eigenvalue weighted by molar-refractivity contribution is -0.117. The van der Waals surface area contributed by atoms with E-state index in [0.29, 0.717) is 19.6 Å². The molecule has 33 heavy (non-hydrogen) atoms. The molecular weight excluding hydrogens is 453 g/mol. The van der Waals surface area contributed by atoms with Gasteiger partial charge in [-0.1, -0.05) is 17.7 Å². The molecule has 0 bridgehead atoms. The van der Waals surface area contributed by atoms with Crippen molar-refractivity contribution in [3.05, 3.63) is 63.9 Å². The Bertz CT molecular complexity index is 1040. The van der Waals surface area contributed by atoms with Crippen molar-refractivity contribution >= 4 is 35.1 Å². The molecule has 2 aromatic rings. The van der Waals surface area contributed by atoms with Crippen LogP contribution < -0.4 is 5.32 Å². The van der Waals surface area contributed by atoms with Crippen LogP contribution in [0.5, 0.6) is 0 Å². The van der Waals surface area contributed by atoms with Crippen molar-refractivity contribution in [1.82, 2.24) is 9.80 Å². The number of carbonyl (C=O) groups is 3. The van der Waals surface area contributed by atoms with E-state index in [9.17, 15) is 18.8 Å². The Morgan fingerprint density at radius 3 is 2.27 bits per heavy atom. The molecule has 0 spiro atoms. The number of ether oxygens (including phenoxy) is 2. The summed E-state index contributed by atoms with van der Waals surface area (Å²) < 4.78 is 22.8. The van der Waals surface area contributed by atoms with Crippen LogP contribution in [-0.4, -0.2) is 74.6 Å². The highest BCUT2D eigenvalue weighted by Crippen LogP contribution is 2.21. The van der Waals surface area contributed by atoms with Crippen LogP contribution in [0.1, 0.15) is 26.3 Å². The minimum Gasteiger partial charge on any atom is -0.465 e. The molecule has 176 valence electrons. The highest BCUT2D eigenvalue weighted by Gasteiger charge is 2.21.